The third-order valence-corrected chi connectivity index (χ3v) is 4.93. The Morgan fingerprint density at radius 2 is 1.28 bits per heavy atom. The van der Waals surface area contributed by atoms with E-state index >= 15 is 0 Å². The fourth-order valence-corrected chi connectivity index (χ4v) is 3.54. The van der Waals surface area contributed by atoms with Gasteiger partial charge < -0.3 is 14.7 Å². The van der Waals surface area contributed by atoms with Gasteiger partial charge in [0.2, 0.25) is 0 Å². The summed E-state index contributed by atoms with van der Waals surface area (Å²) in [6.45, 7) is 0. The van der Waals surface area contributed by atoms with E-state index in [1.54, 1.807) is 17.1 Å². The van der Waals surface area contributed by atoms with Crippen molar-refractivity contribution in [3.63, 3.8) is 0 Å². The number of phenols is 1. The molecule has 4 aromatic rings. The van der Waals surface area contributed by atoms with Crippen LogP contribution in [0.3, 0.4) is 0 Å². The maximum atomic E-state index is 9.70. The summed E-state index contributed by atoms with van der Waals surface area (Å²) in [5.74, 6) is 7.96. The number of fused-ring (bicyclic) bond motifs is 2. The van der Waals surface area contributed by atoms with Gasteiger partial charge in [0.05, 0.1) is 0 Å². The van der Waals surface area contributed by atoms with Crippen LogP contribution in [0.2, 0.25) is 0 Å². The molecule has 0 fully saturated rings. The number of rotatable bonds is 3. The monoisotopic (exact) mass is 381 g/mol. The van der Waals surface area contributed by atoms with Crippen molar-refractivity contribution in [1.82, 2.24) is 0 Å². The van der Waals surface area contributed by atoms with Gasteiger partial charge in [0.25, 0.3) is 0 Å². The summed E-state index contributed by atoms with van der Waals surface area (Å²) < 4.78 is 6.14. The minimum atomic E-state index is 0.228. The van der Waals surface area contributed by atoms with Crippen molar-refractivity contribution in [1.29, 1.82) is 0 Å². The van der Waals surface area contributed by atoms with Crippen LogP contribution in [-0.2, 0) is 0 Å². The second-order valence-electron chi connectivity index (χ2n) is 6.78. The number of hydrazine groups is 1. The van der Waals surface area contributed by atoms with Gasteiger partial charge in [-0.3, -0.25) is 5.01 Å². The van der Waals surface area contributed by atoms with Crippen LogP contribution in [0.1, 0.15) is 0 Å². The molecule has 0 radical (unpaired) electrons. The molecule has 5 rings (SSSR count). The highest BCUT2D eigenvalue weighted by Gasteiger charge is 2.23. The number of ether oxygens (including phenoxy) is 1. The Morgan fingerprint density at radius 1 is 0.655 bits per heavy atom. The molecule has 0 atom stereocenters. The first-order chi connectivity index (χ1) is 14.2. The Labute approximate surface area is 168 Å². The minimum Gasteiger partial charge on any atom is -0.508 e. The first-order valence-corrected chi connectivity index (χ1v) is 9.31. The van der Waals surface area contributed by atoms with Crippen LogP contribution in [-0.4, -0.2) is 5.11 Å². The SMILES string of the molecule is NN1c2ccccc2Oc2cc(N(c3ccccc3)c3ccc(O)cc3)ccc21. The van der Waals surface area contributed by atoms with Crippen LogP contribution in [0.25, 0.3) is 0 Å². The molecule has 142 valence electrons. The lowest BCUT2D eigenvalue weighted by molar-refractivity contribution is 0.473. The number of nitrogens with zero attached hydrogens (tertiary/aromatic N) is 2. The van der Waals surface area contributed by atoms with Crippen molar-refractivity contribution in [3.05, 3.63) is 97.1 Å². The van der Waals surface area contributed by atoms with Crippen LogP contribution < -0.4 is 20.5 Å². The molecule has 1 aliphatic rings. The largest absolute Gasteiger partial charge is 0.508 e. The van der Waals surface area contributed by atoms with E-state index in [0.29, 0.717) is 5.75 Å². The molecule has 0 saturated heterocycles. The molecular weight excluding hydrogens is 362 g/mol. The van der Waals surface area contributed by atoms with Crippen molar-refractivity contribution in [3.8, 4) is 17.2 Å². The molecule has 0 spiro atoms. The summed E-state index contributed by atoms with van der Waals surface area (Å²) in [5.41, 5.74) is 4.47. The minimum absolute atomic E-state index is 0.228. The quantitative estimate of drug-likeness (QED) is 0.428. The molecular formula is C24H19N3O2. The topological polar surface area (TPSA) is 62.0 Å². The van der Waals surface area contributed by atoms with Gasteiger partial charge in [0, 0.05) is 23.1 Å². The molecule has 1 heterocycles. The molecule has 29 heavy (non-hydrogen) atoms. The van der Waals surface area contributed by atoms with Crippen molar-refractivity contribution in [2.24, 2.45) is 5.84 Å². The van der Waals surface area contributed by atoms with Crippen molar-refractivity contribution in [2.75, 3.05) is 9.91 Å². The third kappa shape index (κ3) is 3.03. The van der Waals surface area contributed by atoms with Crippen LogP contribution in [0, 0.1) is 0 Å². The fraction of sp³-hybridized carbons (Fsp3) is 0. The number of hydrogen-bond acceptors (Lipinski definition) is 5. The summed E-state index contributed by atoms with van der Waals surface area (Å²) in [5, 5.41) is 11.3. The number of nitrogens with two attached hydrogens (primary N) is 1. The zero-order chi connectivity index (χ0) is 19.8. The average Bonchev–Trinajstić information content (AvgIpc) is 2.76. The summed E-state index contributed by atoms with van der Waals surface area (Å²) in [4.78, 5) is 2.10. The highest BCUT2D eigenvalue weighted by atomic mass is 16.5. The van der Waals surface area contributed by atoms with Gasteiger partial charge in [-0.1, -0.05) is 30.3 Å². The Kier molecular flexibility index (Phi) is 4.08. The van der Waals surface area contributed by atoms with E-state index in [1.165, 1.54) is 0 Å². The predicted octanol–water partition coefficient (Wildman–Crippen LogP) is 5.98. The van der Waals surface area contributed by atoms with Gasteiger partial charge in [-0.2, -0.15) is 0 Å². The highest BCUT2D eigenvalue weighted by Crippen LogP contribution is 2.47. The molecule has 0 aromatic heterocycles. The molecule has 4 aromatic carbocycles. The number of anilines is 5. The van der Waals surface area contributed by atoms with E-state index in [9.17, 15) is 5.11 Å². The van der Waals surface area contributed by atoms with Crippen molar-refractivity contribution in [2.45, 2.75) is 0 Å². The summed E-state index contributed by atoms with van der Waals surface area (Å²) in [7, 11) is 0. The number of benzene rings is 4. The molecule has 0 saturated carbocycles. The van der Waals surface area contributed by atoms with E-state index in [0.717, 1.165) is 34.2 Å². The van der Waals surface area contributed by atoms with E-state index in [1.807, 2.05) is 84.9 Å². The fourth-order valence-electron chi connectivity index (χ4n) is 3.54. The summed E-state index contributed by atoms with van der Waals surface area (Å²) >= 11 is 0. The van der Waals surface area contributed by atoms with Gasteiger partial charge in [-0.05, 0) is 60.7 Å². The molecule has 1 aliphatic heterocycles. The number of para-hydroxylation sites is 3. The van der Waals surface area contributed by atoms with Gasteiger partial charge >= 0.3 is 0 Å². The highest BCUT2D eigenvalue weighted by molar-refractivity contribution is 5.83. The third-order valence-electron chi connectivity index (χ3n) is 4.93. The standard InChI is InChI=1S/C24H19N3O2/c25-27-21-8-4-5-9-23(21)29-24-16-19(12-15-22(24)27)26(17-6-2-1-3-7-17)18-10-13-20(28)14-11-18/h1-16,28H,25H2. The predicted molar refractivity (Wildman–Crippen MR) is 116 cm³/mol. The Morgan fingerprint density at radius 3 is 2.07 bits per heavy atom. The lowest BCUT2D eigenvalue weighted by atomic mass is 10.1. The number of hydrogen-bond donors (Lipinski definition) is 2. The average molecular weight is 381 g/mol. The van der Waals surface area contributed by atoms with Gasteiger partial charge in [0.1, 0.15) is 17.1 Å². The molecule has 5 nitrogen and oxygen atoms in total. The second-order valence-corrected chi connectivity index (χ2v) is 6.78. The number of aromatic hydroxyl groups is 1. The lowest BCUT2D eigenvalue weighted by Crippen LogP contribution is -2.28. The Bertz CT molecular complexity index is 1160. The molecule has 5 heteroatoms. The maximum absolute atomic E-state index is 9.70. The van der Waals surface area contributed by atoms with Crippen LogP contribution in [0.5, 0.6) is 17.2 Å². The van der Waals surface area contributed by atoms with E-state index < -0.39 is 0 Å². The maximum Gasteiger partial charge on any atom is 0.154 e. The molecule has 0 unspecified atom stereocenters. The summed E-state index contributed by atoms with van der Waals surface area (Å²) in [6.07, 6.45) is 0. The molecule has 3 N–H and O–H groups in total. The lowest BCUT2D eigenvalue weighted by Gasteiger charge is -2.31. The smallest absolute Gasteiger partial charge is 0.154 e. The Hall–Kier alpha value is -3.96. The van der Waals surface area contributed by atoms with Gasteiger partial charge in [0.15, 0.2) is 11.5 Å². The zero-order valence-corrected chi connectivity index (χ0v) is 15.6. The first-order valence-electron chi connectivity index (χ1n) is 9.31. The first kappa shape index (κ1) is 17.2. The summed E-state index contributed by atoms with van der Waals surface area (Å²) in [6, 6.07) is 30.8. The molecule has 0 amide bonds. The Balaban J connectivity index is 1.62. The molecule has 0 aliphatic carbocycles. The van der Waals surface area contributed by atoms with Crippen LogP contribution in [0.4, 0.5) is 28.4 Å². The van der Waals surface area contributed by atoms with Gasteiger partial charge in [-0.15, -0.1) is 0 Å². The zero-order valence-electron chi connectivity index (χ0n) is 15.6. The van der Waals surface area contributed by atoms with Crippen molar-refractivity contribution >= 4 is 28.4 Å². The normalized spacial score (nSPS) is 12.0. The van der Waals surface area contributed by atoms with Crippen LogP contribution in [0.15, 0.2) is 97.1 Å². The van der Waals surface area contributed by atoms with Crippen LogP contribution >= 0.6 is 0 Å². The van der Waals surface area contributed by atoms with Crippen molar-refractivity contribution < 1.29 is 9.84 Å². The number of phenolic OH excluding ortho intramolecular Hbond substituents is 1. The second kappa shape index (κ2) is 6.89. The van der Waals surface area contributed by atoms with E-state index in [-0.39, 0.29) is 5.75 Å². The van der Waals surface area contributed by atoms with E-state index in [4.69, 9.17) is 10.6 Å². The molecule has 0 bridgehead atoms. The van der Waals surface area contributed by atoms with E-state index in [2.05, 4.69) is 4.90 Å². The van der Waals surface area contributed by atoms with Gasteiger partial charge in [-0.25, -0.2) is 5.84 Å².